The molecule has 0 saturated carbocycles. The molecule has 5 nitrogen and oxygen atoms in total. The number of ether oxygens (including phenoxy) is 2. The standard InChI is InChI=1S/C7H8F2N2O3/c1-13-6(12)5-2-3-11(10-5)4-14-7(8)9/h2-3,7H,4H2,1H3. The van der Waals surface area contributed by atoms with Crippen LogP contribution in [0.15, 0.2) is 12.3 Å². The molecule has 7 heteroatoms. The lowest BCUT2D eigenvalue weighted by atomic mass is 10.4. The number of hydrogen-bond donors (Lipinski definition) is 0. The smallest absolute Gasteiger partial charge is 0.358 e. The van der Waals surface area contributed by atoms with Crippen LogP contribution in [0.4, 0.5) is 8.78 Å². The van der Waals surface area contributed by atoms with E-state index in [1.165, 1.54) is 19.4 Å². The molecule has 0 aromatic carbocycles. The second-order valence-corrected chi connectivity index (χ2v) is 2.29. The summed E-state index contributed by atoms with van der Waals surface area (Å²) in [5, 5.41) is 3.64. The van der Waals surface area contributed by atoms with Crippen LogP contribution >= 0.6 is 0 Å². The average molecular weight is 206 g/mol. The number of rotatable bonds is 4. The Morgan fingerprint density at radius 2 is 2.43 bits per heavy atom. The first-order chi connectivity index (χ1) is 6.63. The zero-order valence-corrected chi connectivity index (χ0v) is 7.31. The summed E-state index contributed by atoms with van der Waals surface area (Å²) < 4.78 is 32.6. The summed E-state index contributed by atoms with van der Waals surface area (Å²) >= 11 is 0. The van der Waals surface area contributed by atoms with E-state index in [1.807, 2.05) is 0 Å². The summed E-state index contributed by atoms with van der Waals surface area (Å²) in [4.78, 5) is 10.9. The molecule has 0 N–H and O–H groups in total. The summed E-state index contributed by atoms with van der Waals surface area (Å²) in [5.41, 5.74) is 0.0466. The number of alkyl halides is 2. The Labute approximate surface area is 78.2 Å². The molecule has 1 heterocycles. The lowest BCUT2D eigenvalue weighted by Crippen LogP contribution is -2.09. The molecule has 0 saturated heterocycles. The third-order valence-corrected chi connectivity index (χ3v) is 1.37. The number of aromatic nitrogens is 2. The Balaban J connectivity index is 2.55. The molecular formula is C7H8F2N2O3. The van der Waals surface area contributed by atoms with Gasteiger partial charge in [0, 0.05) is 6.20 Å². The molecule has 14 heavy (non-hydrogen) atoms. The molecule has 0 bridgehead atoms. The van der Waals surface area contributed by atoms with Crippen LogP contribution in [0, 0.1) is 0 Å². The minimum Gasteiger partial charge on any atom is -0.464 e. The molecule has 0 amide bonds. The summed E-state index contributed by atoms with van der Waals surface area (Å²) in [6, 6.07) is 1.35. The number of carbonyl (C=O) groups is 1. The largest absolute Gasteiger partial charge is 0.464 e. The van der Waals surface area contributed by atoms with Crippen molar-refractivity contribution in [2.24, 2.45) is 0 Å². The summed E-state index contributed by atoms with van der Waals surface area (Å²) in [6.07, 6.45) is 1.34. The quantitative estimate of drug-likeness (QED) is 0.686. The molecule has 0 aliphatic rings. The van der Waals surface area contributed by atoms with Crippen molar-refractivity contribution in [3.63, 3.8) is 0 Å². The van der Waals surface area contributed by atoms with Crippen molar-refractivity contribution in [1.29, 1.82) is 0 Å². The zero-order chi connectivity index (χ0) is 10.6. The molecule has 0 radical (unpaired) electrons. The van der Waals surface area contributed by atoms with Gasteiger partial charge in [-0.3, -0.25) is 0 Å². The maximum atomic E-state index is 11.6. The molecule has 1 aromatic heterocycles. The van der Waals surface area contributed by atoms with E-state index in [0.717, 1.165) is 4.68 Å². The van der Waals surface area contributed by atoms with E-state index in [-0.39, 0.29) is 5.69 Å². The predicted molar refractivity (Wildman–Crippen MR) is 40.7 cm³/mol. The second kappa shape index (κ2) is 4.66. The number of carbonyl (C=O) groups excluding carboxylic acids is 1. The van der Waals surface area contributed by atoms with Gasteiger partial charge in [-0.05, 0) is 6.07 Å². The molecular weight excluding hydrogens is 198 g/mol. The monoisotopic (exact) mass is 206 g/mol. The first kappa shape index (κ1) is 10.6. The van der Waals surface area contributed by atoms with E-state index in [1.54, 1.807) is 0 Å². The van der Waals surface area contributed by atoms with Crippen molar-refractivity contribution in [2.75, 3.05) is 7.11 Å². The Kier molecular flexibility index (Phi) is 3.52. The SMILES string of the molecule is COC(=O)c1ccn(COC(F)F)n1. The third-order valence-electron chi connectivity index (χ3n) is 1.37. The maximum Gasteiger partial charge on any atom is 0.358 e. The van der Waals surface area contributed by atoms with Gasteiger partial charge in [-0.1, -0.05) is 0 Å². The van der Waals surface area contributed by atoms with Gasteiger partial charge >= 0.3 is 12.6 Å². The van der Waals surface area contributed by atoms with E-state index in [2.05, 4.69) is 14.6 Å². The van der Waals surface area contributed by atoms with Crippen LogP contribution < -0.4 is 0 Å². The maximum absolute atomic E-state index is 11.6. The Morgan fingerprint density at radius 1 is 1.71 bits per heavy atom. The molecule has 0 atom stereocenters. The highest BCUT2D eigenvalue weighted by atomic mass is 19.3. The minimum absolute atomic E-state index is 0.0466. The zero-order valence-electron chi connectivity index (χ0n) is 7.31. The molecule has 78 valence electrons. The fourth-order valence-electron chi connectivity index (χ4n) is 0.780. The number of halogens is 2. The Bertz CT molecular complexity index is 314. The van der Waals surface area contributed by atoms with Crippen LogP contribution in [0.1, 0.15) is 10.5 Å². The van der Waals surface area contributed by atoms with Crippen molar-refractivity contribution in [3.8, 4) is 0 Å². The average Bonchev–Trinajstić information content (AvgIpc) is 2.62. The van der Waals surface area contributed by atoms with E-state index in [9.17, 15) is 13.6 Å². The first-order valence-electron chi connectivity index (χ1n) is 3.65. The van der Waals surface area contributed by atoms with Gasteiger partial charge in [-0.15, -0.1) is 0 Å². The number of methoxy groups -OCH3 is 1. The highest BCUT2D eigenvalue weighted by Gasteiger charge is 2.09. The second-order valence-electron chi connectivity index (χ2n) is 2.29. The number of hydrogen-bond acceptors (Lipinski definition) is 4. The van der Waals surface area contributed by atoms with Gasteiger partial charge in [0.2, 0.25) is 0 Å². The van der Waals surface area contributed by atoms with Gasteiger partial charge in [-0.25, -0.2) is 9.48 Å². The van der Waals surface area contributed by atoms with Crippen LogP contribution in [-0.4, -0.2) is 29.5 Å². The van der Waals surface area contributed by atoms with Crippen LogP contribution in [0.25, 0.3) is 0 Å². The highest BCUT2D eigenvalue weighted by molar-refractivity contribution is 5.86. The molecule has 0 fully saturated rings. The van der Waals surface area contributed by atoms with Crippen LogP contribution in [0.5, 0.6) is 0 Å². The van der Waals surface area contributed by atoms with Gasteiger partial charge in [0.15, 0.2) is 5.69 Å². The molecule has 0 aliphatic heterocycles. The Morgan fingerprint density at radius 3 is 3.00 bits per heavy atom. The van der Waals surface area contributed by atoms with Gasteiger partial charge in [-0.2, -0.15) is 13.9 Å². The van der Waals surface area contributed by atoms with Crippen molar-refractivity contribution in [1.82, 2.24) is 9.78 Å². The Hall–Kier alpha value is -1.50. The normalized spacial score (nSPS) is 10.6. The summed E-state index contributed by atoms with van der Waals surface area (Å²) in [5.74, 6) is -0.624. The fourth-order valence-corrected chi connectivity index (χ4v) is 0.780. The van der Waals surface area contributed by atoms with Crippen LogP contribution in [0.3, 0.4) is 0 Å². The fraction of sp³-hybridized carbons (Fsp3) is 0.429. The van der Waals surface area contributed by atoms with Gasteiger partial charge in [0.1, 0.15) is 6.73 Å². The highest BCUT2D eigenvalue weighted by Crippen LogP contribution is 2.00. The molecule has 0 unspecified atom stereocenters. The van der Waals surface area contributed by atoms with E-state index >= 15 is 0 Å². The number of esters is 1. The van der Waals surface area contributed by atoms with Gasteiger partial charge in [0.25, 0.3) is 0 Å². The first-order valence-corrected chi connectivity index (χ1v) is 3.65. The third kappa shape index (κ3) is 2.77. The summed E-state index contributed by atoms with van der Waals surface area (Å²) in [6.45, 7) is -3.27. The van der Waals surface area contributed by atoms with Crippen molar-refractivity contribution >= 4 is 5.97 Å². The molecule has 1 aromatic rings. The molecule has 0 aliphatic carbocycles. The minimum atomic E-state index is -2.86. The summed E-state index contributed by atoms with van der Waals surface area (Å²) in [7, 11) is 1.21. The molecule has 0 spiro atoms. The van der Waals surface area contributed by atoms with Crippen molar-refractivity contribution < 1.29 is 23.0 Å². The lowest BCUT2D eigenvalue weighted by molar-refractivity contribution is -0.155. The number of nitrogens with zero attached hydrogens (tertiary/aromatic N) is 2. The lowest BCUT2D eigenvalue weighted by Gasteiger charge is -2.01. The topological polar surface area (TPSA) is 53.4 Å². The van der Waals surface area contributed by atoms with E-state index in [0.29, 0.717) is 0 Å². The van der Waals surface area contributed by atoms with Gasteiger partial charge < -0.3 is 9.47 Å². The van der Waals surface area contributed by atoms with Crippen molar-refractivity contribution in [3.05, 3.63) is 18.0 Å². The van der Waals surface area contributed by atoms with Gasteiger partial charge in [0.05, 0.1) is 7.11 Å². The van der Waals surface area contributed by atoms with E-state index in [4.69, 9.17) is 0 Å². The predicted octanol–water partition coefficient (Wildman–Crippen LogP) is 0.866. The van der Waals surface area contributed by atoms with Crippen LogP contribution in [-0.2, 0) is 16.2 Å². The van der Waals surface area contributed by atoms with Crippen LogP contribution in [0.2, 0.25) is 0 Å². The van der Waals surface area contributed by atoms with Crippen molar-refractivity contribution in [2.45, 2.75) is 13.3 Å². The molecule has 1 rings (SSSR count). The van der Waals surface area contributed by atoms with E-state index < -0.39 is 19.3 Å².